The summed E-state index contributed by atoms with van der Waals surface area (Å²) in [5.74, 6) is -0.712. The first-order chi connectivity index (χ1) is 10.2. The molecule has 1 rings (SSSR count). The van der Waals surface area contributed by atoms with Crippen molar-refractivity contribution >= 4 is 5.91 Å². The Balaban J connectivity index is 2.85. The highest BCUT2D eigenvalue weighted by Crippen LogP contribution is 2.37. The van der Waals surface area contributed by atoms with Crippen LogP contribution in [0.2, 0.25) is 0 Å². The van der Waals surface area contributed by atoms with Gasteiger partial charge in [-0.3, -0.25) is 4.79 Å². The van der Waals surface area contributed by atoms with Crippen LogP contribution < -0.4 is 10.1 Å². The third-order valence-electron chi connectivity index (χ3n) is 3.05. The van der Waals surface area contributed by atoms with E-state index in [2.05, 4.69) is 10.1 Å². The fraction of sp³-hybridized carbons (Fsp3) is 0.500. The Labute approximate surface area is 125 Å². The zero-order chi connectivity index (χ0) is 16.9. The first-order valence-electron chi connectivity index (χ1n) is 6.52. The number of hydrogen-bond donors (Lipinski definition) is 3. The summed E-state index contributed by atoms with van der Waals surface area (Å²) in [5, 5.41) is 22.2. The van der Waals surface area contributed by atoms with Crippen LogP contribution in [0, 0.1) is 0 Å². The highest BCUT2D eigenvalue weighted by atomic mass is 19.4. The number of methoxy groups -OCH3 is 1. The molecule has 0 aliphatic carbocycles. The molecule has 0 aliphatic heterocycles. The SMILES string of the molecule is COc1cc(C(O)C(O)CCNC(C)=O)ccc1C(F)(F)F. The molecule has 2 atom stereocenters. The van der Waals surface area contributed by atoms with E-state index in [0.717, 1.165) is 25.3 Å². The van der Waals surface area contributed by atoms with E-state index in [-0.39, 0.29) is 24.4 Å². The number of aliphatic hydroxyl groups excluding tert-OH is 2. The van der Waals surface area contributed by atoms with Crippen molar-refractivity contribution in [1.82, 2.24) is 5.32 Å². The predicted molar refractivity (Wildman–Crippen MR) is 72.3 cm³/mol. The molecule has 1 aromatic rings. The van der Waals surface area contributed by atoms with Gasteiger partial charge in [0, 0.05) is 13.5 Å². The number of nitrogens with one attached hydrogen (secondary N) is 1. The molecule has 0 aromatic heterocycles. The lowest BCUT2D eigenvalue weighted by Gasteiger charge is -2.20. The van der Waals surface area contributed by atoms with Gasteiger partial charge >= 0.3 is 6.18 Å². The normalized spacial score (nSPS) is 14.3. The van der Waals surface area contributed by atoms with Gasteiger partial charge in [-0.05, 0) is 24.1 Å². The van der Waals surface area contributed by atoms with Gasteiger partial charge in [-0.25, -0.2) is 0 Å². The molecular formula is C14H18F3NO4. The number of ether oxygens (including phenoxy) is 1. The van der Waals surface area contributed by atoms with Crippen LogP contribution in [0.25, 0.3) is 0 Å². The van der Waals surface area contributed by atoms with Crippen molar-refractivity contribution in [3.05, 3.63) is 29.3 Å². The number of benzene rings is 1. The Morgan fingerprint density at radius 2 is 2.00 bits per heavy atom. The molecule has 1 amide bonds. The minimum atomic E-state index is -4.57. The van der Waals surface area contributed by atoms with Crippen molar-refractivity contribution in [3.8, 4) is 5.75 Å². The molecule has 124 valence electrons. The van der Waals surface area contributed by atoms with E-state index in [1.54, 1.807) is 0 Å². The van der Waals surface area contributed by atoms with Gasteiger partial charge in [0.15, 0.2) is 0 Å². The topological polar surface area (TPSA) is 78.8 Å². The van der Waals surface area contributed by atoms with E-state index in [0.29, 0.717) is 0 Å². The van der Waals surface area contributed by atoms with Gasteiger partial charge in [-0.2, -0.15) is 13.2 Å². The standard InChI is InChI=1S/C14H18F3NO4/c1-8(19)18-6-5-11(20)13(21)9-3-4-10(14(15,16)17)12(7-9)22-2/h3-4,7,11,13,20-21H,5-6H2,1-2H3,(H,18,19). The highest BCUT2D eigenvalue weighted by Gasteiger charge is 2.34. The van der Waals surface area contributed by atoms with Crippen molar-refractivity contribution in [2.75, 3.05) is 13.7 Å². The molecule has 0 spiro atoms. The van der Waals surface area contributed by atoms with Crippen LogP contribution in [0.3, 0.4) is 0 Å². The van der Waals surface area contributed by atoms with Gasteiger partial charge in [0.1, 0.15) is 11.9 Å². The summed E-state index contributed by atoms with van der Waals surface area (Å²) in [4.78, 5) is 10.7. The lowest BCUT2D eigenvalue weighted by atomic mass is 10.00. The molecule has 8 heteroatoms. The Morgan fingerprint density at radius 3 is 2.50 bits per heavy atom. The maximum absolute atomic E-state index is 12.7. The zero-order valence-electron chi connectivity index (χ0n) is 12.1. The summed E-state index contributed by atoms with van der Waals surface area (Å²) in [5.41, 5.74) is -0.862. The van der Waals surface area contributed by atoms with Gasteiger partial charge in [0.2, 0.25) is 5.91 Å². The summed E-state index contributed by atoms with van der Waals surface area (Å²) in [6.45, 7) is 1.45. The summed E-state index contributed by atoms with van der Waals surface area (Å²) < 4.78 is 42.9. The van der Waals surface area contributed by atoms with Gasteiger partial charge in [0.05, 0.1) is 18.8 Å². The number of halogens is 3. The molecule has 0 aliphatic rings. The molecule has 0 heterocycles. The van der Waals surface area contributed by atoms with E-state index in [4.69, 9.17) is 0 Å². The van der Waals surface area contributed by atoms with Crippen molar-refractivity contribution in [1.29, 1.82) is 0 Å². The number of aliphatic hydroxyl groups is 2. The van der Waals surface area contributed by atoms with Gasteiger partial charge in [-0.15, -0.1) is 0 Å². The second-order valence-corrected chi connectivity index (χ2v) is 4.74. The molecule has 3 N–H and O–H groups in total. The molecular weight excluding hydrogens is 303 g/mol. The lowest BCUT2D eigenvalue weighted by Crippen LogP contribution is -2.27. The largest absolute Gasteiger partial charge is 0.496 e. The number of carbonyl (C=O) groups is 1. The molecule has 5 nitrogen and oxygen atoms in total. The van der Waals surface area contributed by atoms with E-state index >= 15 is 0 Å². The number of rotatable bonds is 6. The second kappa shape index (κ2) is 7.46. The maximum atomic E-state index is 12.7. The summed E-state index contributed by atoms with van der Waals surface area (Å²) in [6.07, 6.45) is -7.12. The van der Waals surface area contributed by atoms with Crippen molar-refractivity contribution in [2.24, 2.45) is 0 Å². The van der Waals surface area contributed by atoms with Crippen LogP contribution in [-0.2, 0) is 11.0 Å². The Bertz CT molecular complexity index is 519. The van der Waals surface area contributed by atoms with E-state index in [1.165, 1.54) is 6.92 Å². The first-order valence-corrected chi connectivity index (χ1v) is 6.52. The number of hydrogen-bond acceptors (Lipinski definition) is 4. The summed E-state index contributed by atoms with van der Waals surface area (Å²) in [7, 11) is 1.09. The molecule has 0 saturated carbocycles. The van der Waals surface area contributed by atoms with E-state index in [9.17, 15) is 28.2 Å². The molecule has 2 unspecified atom stereocenters. The third-order valence-corrected chi connectivity index (χ3v) is 3.05. The Morgan fingerprint density at radius 1 is 1.36 bits per heavy atom. The Hall–Kier alpha value is -1.80. The second-order valence-electron chi connectivity index (χ2n) is 4.74. The predicted octanol–water partition coefficient (Wildman–Crippen LogP) is 1.63. The summed E-state index contributed by atoms with van der Waals surface area (Å²) in [6, 6.07) is 2.91. The van der Waals surface area contributed by atoms with Crippen LogP contribution >= 0.6 is 0 Å². The van der Waals surface area contributed by atoms with Gasteiger partial charge < -0.3 is 20.3 Å². The molecule has 0 saturated heterocycles. The Kier molecular flexibility index (Phi) is 6.19. The van der Waals surface area contributed by atoms with Crippen LogP contribution in [0.4, 0.5) is 13.2 Å². The number of carbonyl (C=O) groups excluding carboxylic acids is 1. The highest BCUT2D eigenvalue weighted by molar-refractivity contribution is 5.72. The van der Waals surface area contributed by atoms with Crippen molar-refractivity contribution in [3.63, 3.8) is 0 Å². The fourth-order valence-electron chi connectivity index (χ4n) is 1.90. The monoisotopic (exact) mass is 321 g/mol. The molecule has 0 fully saturated rings. The van der Waals surface area contributed by atoms with Crippen LogP contribution in [-0.4, -0.2) is 35.9 Å². The third kappa shape index (κ3) is 4.88. The maximum Gasteiger partial charge on any atom is 0.419 e. The smallest absolute Gasteiger partial charge is 0.419 e. The van der Waals surface area contributed by atoms with Crippen LogP contribution in [0.1, 0.15) is 30.6 Å². The molecule has 22 heavy (non-hydrogen) atoms. The van der Waals surface area contributed by atoms with Crippen molar-refractivity contribution < 1.29 is 32.9 Å². The zero-order valence-corrected chi connectivity index (χ0v) is 12.1. The van der Waals surface area contributed by atoms with Gasteiger partial charge in [0.25, 0.3) is 0 Å². The molecule has 1 aromatic carbocycles. The number of alkyl halides is 3. The van der Waals surface area contributed by atoms with Crippen LogP contribution in [0.5, 0.6) is 5.75 Å². The first kappa shape index (κ1) is 18.2. The summed E-state index contributed by atoms with van der Waals surface area (Å²) >= 11 is 0. The average Bonchev–Trinajstić information content (AvgIpc) is 2.44. The van der Waals surface area contributed by atoms with E-state index in [1.807, 2.05) is 0 Å². The molecule has 0 bridgehead atoms. The fourth-order valence-corrected chi connectivity index (χ4v) is 1.90. The minimum Gasteiger partial charge on any atom is -0.496 e. The van der Waals surface area contributed by atoms with E-state index < -0.39 is 29.7 Å². The van der Waals surface area contributed by atoms with Crippen LogP contribution in [0.15, 0.2) is 18.2 Å². The molecule has 0 radical (unpaired) electrons. The average molecular weight is 321 g/mol. The quantitative estimate of drug-likeness (QED) is 0.744. The van der Waals surface area contributed by atoms with Gasteiger partial charge in [-0.1, -0.05) is 6.07 Å². The minimum absolute atomic E-state index is 0.0596. The van der Waals surface area contributed by atoms with Crippen molar-refractivity contribution in [2.45, 2.75) is 31.7 Å². The number of amides is 1. The lowest BCUT2D eigenvalue weighted by molar-refractivity contribution is -0.138.